The van der Waals surface area contributed by atoms with Crippen LogP contribution in [0.15, 0.2) is 10.7 Å². The van der Waals surface area contributed by atoms with Crippen LogP contribution in [0.2, 0.25) is 0 Å². The standard InChI is InChI=1S/C17H26N2O3/c1-20-16-4-2-3-14(16)15-11-21-8-7-19(15)10-13-9-18-22-17(13)12-5-6-12/h9,12,14-16H,2-8,10-11H2,1H3/t14-,15+,16+/m0/s1. The second kappa shape index (κ2) is 6.30. The van der Waals surface area contributed by atoms with E-state index in [0.717, 1.165) is 32.1 Å². The Morgan fingerprint density at radius 2 is 2.23 bits per heavy atom. The van der Waals surface area contributed by atoms with Gasteiger partial charge in [-0.2, -0.15) is 0 Å². The second-order valence-electron chi connectivity index (χ2n) is 6.97. The number of nitrogens with zero attached hydrogens (tertiary/aromatic N) is 2. The molecule has 22 heavy (non-hydrogen) atoms. The van der Waals surface area contributed by atoms with Gasteiger partial charge in [-0.05, 0) is 25.7 Å². The SMILES string of the molecule is CO[C@@H]1CCC[C@H]1[C@H]1COCCN1Cc1cnoc1C1CC1. The molecular weight excluding hydrogens is 280 g/mol. The predicted octanol–water partition coefficient (Wildman–Crippen LogP) is 2.57. The van der Waals surface area contributed by atoms with Crippen molar-refractivity contribution >= 4 is 0 Å². The van der Waals surface area contributed by atoms with Crippen molar-refractivity contribution in [1.82, 2.24) is 10.1 Å². The highest BCUT2D eigenvalue weighted by Crippen LogP contribution is 2.42. The highest BCUT2D eigenvalue weighted by Gasteiger charge is 2.39. The highest BCUT2D eigenvalue weighted by atomic mass is 16.5. The second-order valence-corrected chi connectivity index (χ2v) is 6.97. The van der Waals surface area contributed by atoms with E-state index in [1.54, 1.807) is 0 Å². The molecule has 2 aliphatic carbocycles. The molecule has 0 aromatic carbocycles. The summed E-state index contributed by atoms with van der Waals surface area (Å²) in [6, 6.07) is 0.461. The van der Waals surface area contributed by atoms with Crippen molar-refractivity contribution in [2.75, 3.05) is 26.9 Å². The van der Waals surface area contributed by atoms with Crippen LogP contribution in [0.25, 0.3) is 0 Å². The summed E-state index contributed by atoms with van der Waals surface area (Å²) in [5, 5.41) is 4.04. The Bertz CT molecular complexity index is 500. The summed E-state index contributed by atoms with van der Waals surface area (Å²) < 4.78 is 17.0. The smallest absolute Gasteiger partial charge is 0.144 e. The molecule has 3 fully saturated rings. The van der Waals surface area contributed by atoms with E-state index in [1.807, 2.05) is 13.3 Å². The lowest BCUT2D eigenvalue weighted by atomic mass is 9.93. The number of aromatic nitrogens is 1. The number of methoxy groups -OCH3 is 1. The van der Waals surface area contributed by atoms with E-state index in [2.05, 4.69) is 10.1 Å². The summed E-state index contributed by atoms with van der Waals surface area (Å²) in [6.45, 7) is 3.59. The molecule has 3 aliphatic rings. The number of rotatable bonds is 5. The van der Waals surface area contributed by atoms with Gasteiger partial charge in [0.15, 0.2) is 0 Å². The first-order valence-corrected chi connectivity index (χ1v) is 8.65. The minimum atomic E-state index is 0.388. The van der Waals surface area contributed by atoms with Crippen molar-refractivity contribution in [2.45, 2.75) is 56.7 Å². The predicted molar refractivity (Wildman–Crippen MR) is 81.6 cm³/mol. The molecule has 4 rings (SSSR count). The summed E-state index contributed by atoms with van der Waals surface area (Å²) in [5.74, 6) is 2.34. The van der Waals surface area contributed by atoms with Gasteiger partial charge in [0.2, 0.25) is 0 Å². The molecule has 5 heteroatoms. The molecule has 2 heterocycles. The first kappa shape index (κ1) is 14.7. The maximum Gasteiger partial charge on any atom is 0.144 e. The molecule has 122 valence electrons. The van der Waals surface area contributed by atoms with Gasteiger partial charge in [0.05, 0.1) is 25.5 Å². The lowest BCUT2D eigenvalue weighted by Crippen LogP contribution is -2.50. The van der Waals surface area contributed by atoms with Crippen molar-refractivity contribution in [3.63, 3.8) is 0 Å². The Kier molecular flexibility index (Phi) is 4.20. The Labute approximate surface area is 131 Å². The van der Waals surface area contributed by atoms with Gasteiger partial charge in [0, 0.05) is 43.6 Å². The molecule has 0 unspecified atom stereocenters. The maximum atomic E-state index is 5.79. The average molecular weight is 306 g/mol. The number of hydrogen-bond donors (Lipinski definition) is 0. The summed E-state index contributed by atoms with van der Waals surface area (Å²) in [5.41, 5.74) is 1.28. The lowest BCUT2D eigenvalue weighted by molar-refractivity contribution is -0.0609. The molecule has 1 aliphatic heterocycles. The fourth-order valence-corrected chi connectivity index (χ4v) is 4.22. The van der Waals surface area contributed by atoms with Gasteiger partial charge in [-0.25, -0.2) is 0 Å². The van der Waals surface area contributed by atoms with Crippen LogP contribution >= 0.6 is 0 Å². The number of hydrogen-bond acceptors (Lipinski definition) is 5. The number of ether oxygens (including phenoxy) is 2. The van der Waals surface area contributed by atoms with Crippen LogP contribution in [0, 0.1) is 5.92 Å². The van der Waals surface area contributed by atoms with Crippen molar-refractivity contribution < 1.29 is 14.0 Å². The van der Waals surface area contributed by atoms with Crippen LogP contribution in [0.1, 0.15) is 49.3 Å². The normalized spacial score (nSPS) is 33.4. The lowest BCUT2D eigenvalue weighted by Gasteiger charge is -2.40. The Morgan fingerprint density at radius 1 is 1.32 bits per heavy atom. The minimum Gasteiger partial charge on any atom is -0.381 e. The zero-order valence-corrected chi connectivity index (χ0v) is 13.4. The molecule has 1 aromatic rings. The third kappa shape index (κ3) is 2.82. The van der Waals surface area contributed by atoms with Crippen molar-refractivity contribution in [1.29, 1.82) is 0 Å². The van der Waals surface area contributed by atoms with E-state index >= 15 is 0 Å². The molecular formula is C17H26N2O3. The fraction of sp³-hybridized carbons (Fsp3) is 0.824. The first-order chi connectivity index (χ1) is 10.9. The van der Waals surface area contributed by atoms with Crippen molar-refractivity contribution in [3.8, 4) is 0 Å². The molecule has 0 N–H and O–H groups in total. The molecule has 0 amide bonds. The molecule has 0 spiro atoms. The molecule has 1 saturated heterocycles. The fourth-order valence-electron chi connectivity index (χ4n) is 4.22. The van der Waals surface area contributed by atoms with Gasteiger partial charge in [0.25, 0.3) is 0 Å². The first-order valence-electron chi connectivity index (χ1n) is 8.65. The quantitative estimate of drug-likeness (QED) is 0.837. The van der Waals surface area contributed by atoms with Gasteiger partial charge in [0.1, 0.15) is 5.76 Å². The summed E-state index contributed by atoms with van der Waals surface area (Å²) in [4.78, 5) is 2.57. The van der Waals surface area contributed by atoms with Crippen LogP contribution < -0.4 is 0 Å². The summed E-state index contributed by atoms with van der Waals surface area (Å²) in [7, 11) is 1.85. The third-order valence-corrected chi connectivity index (χ3v) is 5.58. The van der Waals surface area contributed by atoms with Gasteiger partial charge in [-0.3, -0.25) is 4.90 Å². The summed E-state index contributed by atoms with van der Waals surface area (Å²) in [6.07, 6.45) is 8.52. The van der Waals surface area contributed by atoms with Crippen LogP contribution in [-0.2, 0) is 16.0 Å². The monoisotopic (exact) mass is 306 g/mol. The molecule has 5 nitrogen and oxygen atoms in total. The molecule has 1 aromatic heterocycles. The third-order valence-electron chi connectivity index (χ3n) is 5.58. The average Bonchev–Trinajstić information content (AvgIpc) is 3.10. The molecule has 3 atom stereocenters. The molecule has 2 saturated carbocycles. The minimum absolute atomic E-state index is 0.388. The van der Waals surface area contributed by atoms with Crippen molar-refractivity contribution in [2.24, 2.45) is 5.92 Å². The summed E-state index contributed by atoms with van der Waals surface area (Å²) >= 11 is 0. The topological polar surface area (TPSA) is 47.7 Å². The van der Waals surface area contributed by atoms with Gasteiger partial charge in [-0.15, -0.1) is 0 Å². The van der Waals surface area contributed by atoms with Crippen LogP contribution in [0.4, 0.5) is 0 Å². The highest BCUT2D eigenvalue weighted by molar-refractivity contribution is 5.21. The molecule has 0 bridgehead atoms. The molecule has 0 radical (unpaired) electrons. The Hall–Kier alpha value is -0.910. The zero-order valence-electron chi connectivity index (χ0n) is 13.4. The van der Waals surface area contributed by atoms with E-state index < -0.39 is 0 Å². The van der Waals surface area contributed by atoms with Crippen LogP contribution in [0.3, 0.4) is 0 Å². The van der Waals surface area contributed by atoms with Crippen LogP contribution in [0.5, 0.6) is 0 Å². The van der Waals surface area contributed by atoms with E-state index in [1.165, 1.54) is 37.7 Å². The Balaban J connectivity index is 1.49. The van der Waals surface area contributed by atoms with E-state index in [4.69, 9.17) is 14.0 Å². The largest absolute Gasteiger partial charge is 0.381 e. The van der Waals surface area contributed by atoms with Crippen LogP contribution in [-0.4, -0.2) is 49.1 Å². The Morgan fingerprint density at radius 3 is 3.05 bits per heavy atom. The van der Waals surface area contributed by atoms with Gasteiger partial charge in [-0.1, -0.05) is 11.6 Å². The van der Waals surface area contributed by atoms with Crippen molar-refractivity contribution in [3.05, 3.63) is 17.5 Å². The van der Waals surface area contributed by atoms with Gasteiger partial charge < -0.3 is 14.0 Å². The van der Waals surface area contributed by atoms with E-state index in [0.29, 0.717) is 24.0 Å². The zero-order chi connectivity index (χ0) is 14.9. The maximum absolute atomic E-state index is 5.79. The van der Waals surface area contributed by atoms with Gasteiger partial charge >= 0.3 is 0 Å². The van der Waals surface area contributed by atoms with E-state index in [-0.39, 0.29) is 0 Å². The number of morpholine rings is 1. The van der Waals surface area contributed by atoms with E-state index in [9.17, 15) is 0 Å².